The van der Waals surface area contributed by atoms with Gasteiger partial charge in [-0.25, -0.2) is 4.68 Å². The highest BCUT2D eigenvalue weighted by atomic mass is 15.4. The molecule has 0 aliphatic heterocycles. The number of aromatic nitrogens is 3. The van der Waals surface area contributed by atoms with E-state index in [9.17, 15) is 0 Å². The van der Waals surface area contributed by atoms with Gasteiger partial charge in [-0.05, 0) is 12.8 Å². The van der Waals surface area contributed by atoms with Crippen molar-refractivity contribution >= 4 is 0 Å². The van der Waals surface area contributed by atoms with Crippen molar-refractivity contribution in [1.82, 2.24) is 15.0 Å². The minimum absolute atomic E-state index is 0.462. The van der Waals surface area contributed by atoms with Crippen LogP contribution in [0.2, 0.25) is 0 Å². The number of nitrogens with zero attached hydrogens (tertiary/aromatic N) is 3. The average molecular weight is 147 g/mol. The van der Waals surface area contributed by atoms with Gasteiger partial charge in [-0.3, -0.25) is 0 Å². The zero-order valence-corrected chi connectivity index (χ0v) is 6.14. The predicted octanol–water partition coefficient (Wildman–Crippen LogP) is 0.862. The molecule has 0 radical (unpaired) electrons. The van der Waals surface area contributed by atoms with Crippen LogP contribution in [0.25, 0.3) is 0 Å². The standard InChI is InChI=1S/C8H9N3/c1-2-7-5-8(6-7)11-4-3-9-10-11/h1,3-4,7-8H,5-6H2. The Morgan fingerprint density at radius 1 is 1.55 bits per heavy atom. The SMILES string of the molecule is C#CC1CC(n2ccnn2)C1. The van der Waals surface area contributed by atoms with Crippen LogP contribution in [0, 0.1) is 18.3 Å². The van der Waals surface area contributed by atoms with Crippen LogP contribution in [0.5, 0.6) is 0 Å². The molecule has 0 bridgehead atoms. The van der Waals surface area contributed by atoms with Crippen molar-refractivity contribution in [2.24, 2.45) is 5.92 Å². The van der Waals surface area contributed by atoms with Gasteiger partial charge in [0.1, 0.15) is 0 Å². The Morgan fingerprint density at radius 2 is 2.36 bits per heavy atom. The Morgan fingerprint density at radius 3 is 2.91 bits per heavy atom. The third-order valence-electron chi connectivity index (χ3n) is 2.16. The summed E-state index contributed by atoms with van der Waals surface area (Å²) in [5.41, 5.74) is 0. The summed E-state index contributed by atoms with van der Waals surface area (Å²) in [5.74, 6) is 3.19. The summed E-state index contributed by atoms with van der Waals surface area (Å²) >= 11 is 0. The van der Waals surface area contributed by atoms with Crippen LogP contribution >= 0.6 is 0 Å². The molecule has 1 aromatic heterocycles. The van der Waals surface area contributed by atoms with E-state index in [4.69, 9.17) is 6.42 Å². The van der Waals surface area contributed by atoms with Crippen LogP contribution in [0.3, 0.4) is 0 Å². The molecule has 0 atom stereocenters. The van der Waals surface area contributed by atoms with E-state index in [1.165, 1.54) is 0 Å². The zero-order chi connectivity index (χ0) is 7.68. The molecule has 3 heteroatoms. The van der Waals surface area contributed by atoms with Gasteiger partial charge in [0.2, 0.25) is 0 Å². The molecule has 2 rings (SSSR count). The van der Waals surface area contributed by atoms with E-state index in [1.54, 1.807) is 6.20 Å². The lowest BCUT2D eigenvalue weighted by Gasteiger charge is -2.31. The van der Waals surface area contributed by atoms with E-state index >= 15 is 0 Å². The molecule has 0 aromatic carbocycles. The van der Waals surface area contributed by atoms with Crippen molar-refractivity contribution in [3.8, 4) is 12.3 Å². The van der Waals surface area contributed by atoms with E-state index in [-0.39, 0.29) is 0 Å². The minimum atomic E-state index is 0.462. The van der Waals surface area contributed by atoms with Gasteiger partial charge in [0, 0.05) is 12.1 Å². The molecule has 0 unspecified atom stereocenters. The second kappa shape index (κ2) is 2.39. The maximum Gasteiger partial charge on any atom is 0.0693 e. The van der Waals surface area contributed by atoms with E-state index < -0.39 is 0 Å². The smallest absolute Gasteiger partial charge is 0.0693 e. The molecule has 1 heterocycles. The Balaban J connectivity index is 1.99. The molecule has 0 amide bonds. The highest BCUT2D eigenvalue weighted by molar-refractivity contribution is 5.02. The lowest BCUT2D eigenvalue weighted by Crippen LogP contribution is -2.26. The van der Waals surface area contributed by atoms with Gasteiger partial charge >= 0.3 is 0 Å². The molecular formula is C8H9N3. The van der Waals surface area contributed by atoms with Crippen LogP contribution < -0.4 is 0 Å². The fourth-order valence-electron chi connectivity index (χ4n) is 1.35. The van der Waals surface area contributed by atoms with Gasteiger partial charge in [-0.15, -0.1) is 17.4 Å². The topological polar surface area (TPSA) is 30.7 Å². The lowest BCUT2D eigenvalue weighted by atomic mass is 9.81. The van der Waals surface area contributed by atoms with E-state index in [0.717, 1.165) is 12.8 Å². The predicted molar refractivity (Wildman–Crippen MR) is 40.6 cm³/mol. The van der Waals surface area contributed by atoms with Crippen molar-refractivity contribution in [3.63, 3.8) is 0 Å². The van der Waals surface area contributed by atoms with Crippen LogP contribution in [-0.2, 0) is 0 Å². The van der Waals surface area contributed by atoms with Crippen LogP contribution in [-0.4, -0.2) is 15.0 Å². The summed E-state index contributed by atoms with van der Waals surface area (Å²) in [6.45, 7) is 0. The highest BCUT2D eigenvalue weighted by Crippen LogP contribution is 2.36. The largest absolute Gasteiger partial charge is 0.249 e. The highest BCUT2D eigenvalue weighted by Gasteiger charge is 2.29. The average Bonchev–Trinajstić information content (AvgIpc) is 2.37. The summed E-state index contributed by atoms with van der Waals surface area (Å²) in [4.78, 5) is 0. The first kappa shape index (κ1) is 6.41. The quantitative estimate of drug-likeness (QED) is 0.552. The fraction of sp³-hybridized carbons (Fsp3) is 0.500. The van der Waals surface area contributed by atoms with E-state index in [1.807, 2.05) is 10.9 Å². The van der Waals surface area contributed by atoms with E-state index in [2.05, 4.69) is 16.2 Å². The minimum Gasteiger partial charge on any atom is -0.249 e. The van der Waals surface area contributed by atoms with Gasteiger partial charge in [0.05, 0.1) is 12.2 Å². The van der Waals surface area contributed by atoms with Crippen molar-refractivity contribution in [1.29, 1.82) is 0 Å². The molecule has 11 heavy (non-hydrogen) atoms. The second-order valence-electron chi connectivity index (χ2n) is 2.87. The molecular weight excluding hydrogens is 138 g/mol. The van der Waals surface area contributed by atoms with Gasteiger partial charge in [-0.1, -0.05) is 5.21 Å². The molecule has 0 spiro atoms. The number of hydrogen-bond acceptors (Lipinski definition) is 2. The Hall–Kier alpha value is -1.30. The summed E-state index contributed by atoms with van der Waals surface area (Å²) < 4.78 is 1.88. The fourth-order valence-corrected chi connectivity index (χ4v) is 1.35. The summed E-state index contributed by atoms with van der Waals surface area (Å²) in [6.07, 6.45) is 10.9. The van der Waals surface area contributed by atoms with Crippen molar-refractivity contribution in [3.05, 3.63) is 12.4 Å². The van der Waals surface area contributed by atoms with Crippen LogP contribution in [0.1, 0.15) is 18.9 Å². The lowest BCUT2D eigenvalue weighted by molar-refractivity contribution is 0.228. The van der Waals surface area contributed by atoms with E-state index in [0.29, 0.717) is 12.0 Å². The summed E-state index contributed by atoms with van der Waals surface area (Å²) in [5, 5.41) is 7.64. The molecule has 0 N–H and O–H groups in total. The molecule has 3 nitrogen and oxygen atoms in total. The van der Waals surface area contributed by atoms with Crippen molar-refractivity contribution in [2.75, 3.05) is 0 Å². The van der Waals surface area contributed by atoms with Gasteiger partial charge in [0.15, 0.2) is 0 Å². The van der Waals surface area contributed by atoms with Gasteiger partial charge in [0.25, 0.3) is 0 Å². The maximum absolute atomic E-state index is 5.25. The Bertz CT molecular complexity index is 264. The summed E-state index contributed by atoms with van der Waals surface area (Å²) in [7, 11) is 0. The van der Waals surface area contributed by atoms with Gasteiger partial charge < -0.3 is 0 Å². The van der Waals surface area contributed by atoms with Crippen molar-refractivity contribution < 1.29 is 0 Å². The van der Waals surface area contributed by atoms with Crippen LogP contribution in [0.4, 0.5) is 0 Å². The zero-order valence-electron chi connectivity index (χ0n) is 6.14. The van der Waals surface area contributed by atoms with Gasteiger partial charge in [-0.2, -0.15) is 0 Å². The number of rotatable bonds is 1. The summed E-state index contributed by atoms with van der Waals surface area (Å²) in [6, 6.07) is 0.499. The molecule has 0 saturated heterocycles. The number of hydrogen-bond donors (Lipinski definition) is 0. The third kappa shape index (κ3) is 1.01. The Kier molecular flexibility index (Phi) is 1.39. The molecule has 1 aliphatic carbocycles. The molecule has 56 valence electrons. The normalized spacial score (nSPS) is 29.0. The Labute approximate surface area is 65.4 Å². The monoisotopic (exact) mass is 147 g/mol. The molecule has 1 aromatic rings. The van der Waals surface area contributed by atoms with Crippen LogP contribution in [0.15, 0.2) is 12.4 Å². The maximum atomic E-state index is 5.25. The third-order valence-corrected chi connectivity index (χ3v) is 2.16. The second-order valence-corrected chi connectivity index (χ2v) is 2.87. The first-order valence-corrected chi connectivity index (χ1v) is 3.72. The first-order chi connectivity index (χ1) is 5.40. The molecule has 1 aliphatic rings. The van der Waals surface area contributed by atoms with Crippen molar-refractivity contribution in [2.45, 2.75) is 18.9 Å². The molecule has 1 saturated carbocycles. The molecule has 1 fully saturated rings. The number of terminal acetylenes is 1. The first-order valence-electron chi connectivity index (χ1n) is 3.72.